The molecule has 22 heavy (non-hydrogen) atoms. The number of benzene rings is 1. The van der Waals surface area contributed by atoms with Gasteiger partial charge in [0.05, 0.1) is 0 Å². The molecule has 0 spiro atoms. The third kappa shape index (κ3) is 8.71. The Labute approximate surface area is 148 Å². The molecule has 0 heterocycles. The van der Waals surface area contributed by atoms with Crippen LogP contribution in [-0.2, 0) is 11.2 Å². The molecule has 7 heteroatoms. The summed E-state index contributed by atoms with van der Waals surface area (Å²) in [6.07, 6.45) is 0.870. The average Bonchev–Trinajstić information content (AvgIpc) is 2.44. The number of primary amides is 1. The molecule has 1 amide bonds. The Balaban J connectivity index is 0.00000441. The van der Waals surface area contributed by atoms with Crippen molar-refractivity contribution < 1.29 is 9.53 Å². The lowest BCUT2D eigenvalue weighted by Gasteiger charge is -2.14. The lowest BCUT2D eigenvalue weighted by atomic mass is 10.1. The Kier molecular flexibility index (Phi) is 10.3. The minimum absolute atomic E-state index is 0. The number of carbonyl (C=O) groups is 1. The van der Waals surface area contributed by atoms with Crippen molar-refractivity contribution in [2.75, 3.05) is 20.2 Å². The molecule has 0 saturated heterocycles. The standard InChI is InChI=1S/C15H24N4O2.HI/c1-11(2)19-15(17-3)18-9-8-12-4-6-13(7-5-12)21-10-14(16)20;/h4-7,11H,8-10H2,1-3H3,(H2,16,20)(H2,17,18,19);1H. The van der Waals surface area contributed by atoms with E-state index in [4.69, 9.17) is 10.5 Å². The molecule has 0 fully saturated rings. The molecule has 0 atom stereocenters. The summed E-state index contributed by atoms with van der Waals surface area (Å²) in [5, 5.41) is 6.48. The second kappa shape index (κ2) is 11.1. The molecule has 4 N–H and O–H groups in total. The van der Waals surface area contributed by atoms with Crippen LogP contribution in [-0.4, -0.2) is 38.1 Å². The summed E-state index contributed by atoms with van der Waals surface area (Å²) in [7, 11) is 1.75. The number of hydrogen-bond acceptors (Lipinski definition) is 3. The van der Waals surface area contributed by atoms with Gasteiger partial charge in [0.25, 0.3) is 5.91 Å². The topological polar surface area (TPSA) is 88.7 Å². The van der Waals surface area contributed by atoms with E-state index in [2.05, 4.69) is 29.5 Å². The molecule has 0 unspecified atom stereocenters. The van der Waals surface area contributed by atoms with Gasteiger partial charge in [-0.05, 0) is 38.0 Å². The van der Waals surface area contributed by atoms with E-state index in [-0.39, 0.29) is 30.6 Å². The van der Waals surface area contributed by atoms with Crippen molar-refractivity contribution in [2.24, 2.45) is 10.7 Å². The lowest BCUT2D eigenvalue weighted by Crippen LogP contribution is -2.41. The number of nitrogens with zero attached hydrogens (tertiary/aromatic N) is 1. The van der Waals surface area contributed by atoms with Crippen molar-refractivity contribution in [3.05, 3.63) is 29.8 Å². The smallest absolute Gasteiger partial charge is 0.255 e. The van der Waals surface area contributed by atoms with Crippen molar-refractivity contribution in [2.45, 2.75) is 26.3 Å². The van der Waals surface area contributed by atoms with Crippen LogP contribution in [0, 0.1) is 0 Å². The summed E-state index contributed by atoms with van der Waals surface area (Å²) in [5.74, 6) is 0.960. The summed E-state index contributed by atoms with van der Waals surface area (Å²) < 4.78 is 5.21. The molecule has 0 aliphatic heterocycles. The van der Waals surface area contributed by atoms with E-state index in [1.165, 1.54) is 5.56 Å². The van der Waals surface area contributed by atoms with Crippen molar-refractivity contribution in [1.29, 1.82) is 0 Å². The van der Waals surface area contributed by atoms with Crippen LogP contribution in [0.25, 0.3) is 0 Å². The van der Waals surface area contributed by atoms with E-state index >= 15 is 0 Å². The van der Waals surface area contributed by atoms with E-state index in [0.29, 0.717) is 11.8 Å². The SMILES string of the molecule is CN=C(NCCc1ccc(OCC(N)=O)cc1)NC(C)C.I. The zero-order valence-corrected chi connectivity index (χ0v) is 15.6. The van der Waals surface area contributed by atoms with E-state index < -0.39 is 5.91 Å². The summed E-state index contributed by atoms with van der Waals surface area (Å²) in [6, 6.07) is 7.95. The molecule has 1 aromatic rings. The molecule has 0 saturated carbocycles. The van der Waals surface area contributed by atoms with E-state index in [1.54, 1.807) is 7.05 Å². The maximum atomic E-state index is 10.6. The first-order valence-electron chi connectivity index (χ1n) is 6.98. The van der Waals surface area contributed by atoms with Gasteiger partial charge in [0.1, 0.15) is 5.75 Å². The largest absolute Gasteiger partial charge is 0.484 e. The second-order valence-electron chi connectivity index (χ2n) is 4.95. The van der Waals surface area contributed by atoms with Gasteiger partial charge < -0.3 is 21.1 Å². The number of rotatable bonds is 7. The van der Waals surface area contributed by atoms with Gasteiger partial charge in [0.2, 0.25) is 0 Å². The highest BCUT2D eigenvalue weighted by Gasteiger charge is 2.01. The summed E-state index contributed by atoms with van der Waals surface area (Å²) in [6.45, 7) is 4.82. The van der Waals surface area contributed by atoms with Crippen molar-refractivity contribution >= 4 is 35.8 Å². The molecule has 1 aromatic carbocycles. The fraction of sp³-hybridized carbons (Fsp3) is 0.467. The fourth-order valence-electron chi connectivity index (χ4n) is 1.70. The number of aliphatic imine (C=N–C) groups is 1. The van der Waals surface area contributed by atoms with E-state index in [9.17, 15) is 4.79 Å². The van der Waals surface area contributed by atoms with Gasteiger partial charge in [-0.2, -0.15) is 0 Å². The molecule has 6 nitrogen and oxygen atoms in total. The number of halogens is 1. The van der Waals surface area contributed by atoms with Crippen molar-refractivity contribution in [3.8, 4) is 5.75 Å². The van der Waals surface area contributed by atoms with Gasteiger partial charge >= 0.3 is 0 Å². The predicted molar refractivity (Wildman–Crippen MR) is 99.9 cm³/mol. The molecular formula is C15H25IN4O2. The second-order valence-corrected chi connectivity index (χ2v) is 4.95. The summed E-state index contributed by atoms with van der Waals surface area (Å²) >= 11 is 0. The van der Waals surface area contributed by atoms with Gasteiger partial charge in [-0.15, -0.1) is 24.0 Å². The number of hydrogen-bond donors (Lipinski definition) is 3. The van der Waals surface area contributed by atoms with Gasteiger partial charge in [-0.1, -0.05) is 12.1 Å². The van der Waals surface area contributed by atoms with E-state index in [1.807, 2.05) is 24.3 Å². The number of guanidine groups is 1. The highest BCUT2D eigenvalue weighted by molar-refractivity contribution is 14.0. The van der Waals surface area contributed by atoms with Crippen LogP contribution < -0.4 is 21.1 Å². The molecule has 124 valence electrons. The number of amides is 1. The molecule has 0 radical (unpaired) electrons. The first-order valence-corrected chi connectivity index (χ1v) is 6.98. The normalized spacial score (nSPS) is 10.8. The zero-order chi connectivity index (χ0) is 15.7. The maximum Gasteiger partial charge on any atom is 0.255 e. The molecule has 0 aliphatic carbocycles. The number of nitrogens with one attached hydrogen (secondary N) is 2. The maximum absolute atomic E-state index is 10.6. The number of nitrogens with two attached hydrogens (primary N) is 1. The summed E-state index contributed by atoms with van der Waals surface area (Å²) in [4.78, 5) is 14.8. The van der Waals surface area contributed by atoms with Crippen LogP contribution in [0.5, 0.6) is 5.75 Å². The quantitative estimate of drug-likeness (QED) is 0.352. The highest BCUT2D eigenvalue weighted by atomic mass is 127. The van der Waals surface area contributed by atoms with Gasteiger partial charge in [0, 0.05) is 19.6 Å². The first kappa shape index (κ1) is 20.5. The van der Waals surface area contributed by atoms with Crippen LogP contribution in [0.15, 0.2) is 29.3 Å². The Morgan fingerprint density at radius 1 is 1.32 bits per heavy atom. The Morgan fingerprint density at radius 3 is 2.45 bits per heavy atom. The number of ether oxygens (including phenoxy) is 1. The first-order chi connectivity index (χ1) is 10.0. The average molecular weight is 420 g/mol. The van der Waals surface area contributed by atoms with Gasteiger partial charge in [0.15, 0.2) is 12.6 Å². The number of carbonyl (C=O) groups excluding carboxylic acids is 1. The molecule has 0 aliphatic rings. The van der Waals surface area contributed by atoms with Gasteiger partial charge in [-0.25, -0.2) is 0 Å². The molecule has 0 aromatic heterocycles. The highest BCUT2D eigenvalue weighted by Crippen LogP contribution is 2.12. The predicted octanol–water partition coefficient (Wildman–Crippen LogP) is 1.28. The Bertz CT molecular complexity index is 475. The Hall–Kier alpha value is -1.51. The van der Waals surface area contributed by atoms with E-state index in [0.717, 1.165) is 18.9 Å². The van der Waals surface area contributed by atoms with Crippen LogP contribution in [0.2, 0.25) is 0 Å². The lowest BCUT2D eigenvalue weighted by molar-refractivity contribution is -0.119. The molecular weight excluding hydrogens is 395 g/mol. The third-order valence-electron chi connectivity index (χ3n) is 2.66. The summed E-state index contributed by atoms with van der Waals surface area (Å²) in [5.41, 5.74) is 6.20. The van der Waals surface area contributed by atoms with Gasteiger partial charge in [-0.3, -0.25) is 9.79 Å². The van der Waals surface area contributed by atoms with Crippen molar-refractivity contribution in [3.63, 3.8) is 0 Å². The van der Waals surface area contributed by atoms with Crippen LogP contribution >= 0.6 is 24.0 Å². The zero-order valence-electron chi connectivity index (χ0n) is 13.3. The minimum atomic E-state index is -0.479. The third-order valence-corrected chi connectivity index (χ3v) is 2.66. The Morgan fingerprint density at radius 2 is 1.95 bits per heavy atom. The van der Waals surface area contributed by atoms with Crippen LogP contribution in [0.3, 0.4) is 0 Å². The minimum Gasteiger partial charge on any atom is -0.484 e. The fourth-order valence-corrected chi connectivity index (χ4v) is 1.70. The monoisotopic (exact) mass is 420 g/mol. The molecule has 1 rings (SSSR count). The van der Waals surface area contributed by atoms with Crippen LogP contribution in [0.4, 0.5) is 0 Å². The molecule has 0 bridgehead atoms. The van der Waals surface area contributed by atoms with Crippen molar-refractivity contribution in [1.82, 2.24) is 10.6 Å². The van der Waals surface area contributed by atoms with Crippen LogP contribution in [0.1, 0.15) is 19.4 Å².